The minimum Gasteiger partial charge on any atom is -0.173 e. The van der Waals surface area contributed by atoms with Crippen LogP contribution in [-0.2, 0) is 0 Å². The van der Waals surface area contributed by atoms with E-state index in [1.807, 2.05) is 0 Å². The maximum Gasteiger partial charge on any atom is 0.0130 e. The second kappa shape index (κ2) is 11.1. The molecule has 0 aliphatic heterocycles. The van der Waals surface area contributed by atoms with Gasteiger partial charge in [0.05, 0.1) is 0 Å². The van der Waals surface area contributed by atoms with Crippen LogP contribution in [0.5, 0.6) is 0 Å². The molecule has 1 aliphatic carbocycles. The molecule has 0 aromatic heterocycles. The van der Waals surface area contributed by atoms with Gasteiger partial charge in [0.15, 0.2) is 0 Å². The van der Waals surface area contributed by atoms with Gasteiger partial charge in [0.25, 0.3) is 0 Å². The van der Waals surface area contributed by atoms with Crippen molar-refractivity contribution < 1.29 is 0 Å². The van der Waals surface area contributed by atoms with Crippen LogP contribution in [0.15, 0.2) is 0 Å². The van der Waals surface area contributed by atoms with Gasteiger partial charge in [-0.15, -0.1) is 0 Å². The second-order valence-corrected chi connectivity index (χ2v) is 7.67. The van der Waals surface area contributed by atoms with Gasteiger partial charge in [-0.2, -0.15) is 12.6 Å². The molecule has 0 saturated heterocycles. The molecule has 0 amide bonds. The summed E-state index contributed by atoms with van der Waals surface area (Å²) >= 11 is 5.09. The molecule has 0 radical (unpaired) electrons. The van der Waals surface area contributed by atoms with Crippen LogP contribution in [0.3, 0.4) is 0 Å². The molecule has 1 rings (SSSR count). The Labute approximate surface area is 127 Å². The van der Waals surface area contributed by atoms with Gasteiger partial charge in [-0.25, -0.2) is 0 Å². The van der Waals surface area contributed by atoms with Crippen molar-refractivity contribution in [3.8, 4) is 0 Å². The highest BCUT2D eigenvalue weighted by Crippen LogP contribution is 2.35. The molecule has 0 unspecified atom stereocenters. The fourth-order valence-electron chi connectivity index (χ4n) is 3.40. The van der Waals surface area contributed by atoms with Crippen molar-refractivity contribution >= 4 is 12.6 Å². The quantitative estimate of drug-likeness (QED) is 0.380. The van der Waals surface area contributed by atoms with Gasteiger partial charge in [-0.1, -0.05) is 90.4 Å². The average Bonchev–Trinajstić information content (AvgIpc) is 2.41. The third-order valence-corrected chi connectivity index (χ3v) is 5.45. The topological polar surface area (TPSA) is 0 Å². The number of hydrogen-bond acceptors (Lipinski definition) is 1. The highest BCUT2D eigenvalue weighted by molar-refractivity contribution is 7.81. The molecule has 0 bridgehead atoms. The minimum absolute atomic E-state index is 0.377. The summed E-state index contributed by atoms with van der Waals surface area (Å²) < 4.78 is 0.377. The van der Waals surface area contributed by atoms with E-state index in [4.69, 9.17) is 12.6 Å². The van der Waals surface area contributed by atoms with Gasteiger partial charge >= 0.3 is 0 Å². The Hall–Kier alpha value is 0.350. The highest BCUT2D eigenvalue weighted by atomic mass is 32.1. The Kier molecular flexibility index (Phi) is 10.1. The van der Waals surface area contributed by atoms with Crippen LogP contribution in [0.4, 0.5) is 0 Å². The molecular formula is C18H36S. The first kappa shape index (κ1) is 17.4. The van der Waals surface area contributed by atoms with E-state index >= 15 is 0 Å². The number of unbranched alkanes of at least 4 members (excludes halogenated alkanes) is 5. The van der Waals surface area contributed by atoms with E-state index in [1.54, 1.807) is 0 Å². The van der Waals surface area contributed by atoms with Crippen molar-refractivity contribution in [2.45, 2.75) is 114 Å². The van der Waals surface area contributed by atoms with Gasteiger partial charge < -0.3 is 0 Å². The lowest BCUT2D eigenvalue weighted by Gasteiger charge is -2.30. The SMILES string of the molecule is CCCCCCCCC1(S)CCCCCCCCC1. The molecule has 114 valence electrons. The van der Waals surface area contributed by atoms with E-state index in [9.17, 15) is 0 Å². The molecule has 1 heteroatoms. The van der Waals surface area contributed by atoms with E-state index in [1.165, 1.54) is 103 Å². The molecule has 1 fully saturated rings. The summed E-state index contributed by atoms with van der Waals surface area (Å²) in [6.45, 7) is 2.29. The Balaban J connectivity index is 2.17. The van der Waals surface area contributed by atoms with E-state index in [0.717, 1.165) is 0 Å². The van der Waals surface area contributed by atoms with E-state index < -0.39 is 0 Å². The molecule has 1 saturated carbocycles. The van der Waals surface area contributed by atoms with Gasteiger partial charge in [0.1, 0.15) is 0 Å². The summed E-state index contributed by atoms with van der Waals surface area (Å²) in [5, 5.41) is 0. The summed E-state index contributed by atoms with van der Waals surface area (Å²) in [6, 6.07) is 0. The maximum absolute atomic E-state index is 5.09. The molecule has 0 aromatic carbocycles. The average molecular weight is 285 g/mol. The second-order valence-electron chi connectivity index (χ2n) is 6.72. The van der Waals surface area contributed by atoms with E-state index in [0.29, 0.717) is 4.75 Å². The van der Waals surface area contributed by atoms with Crippen LogP contribution in [-0.4, -0.2) is 4.75 Å². The van der Waals surface area contributed by atoms with Crippen molar-refractivity contribution in [3.05, 3.63) is 0 Å². The first-order chi connectivity index (χ1) is 9.27. The van der Waals surface area contributed by atoms with Crippen LogP contribution in [0.2, 0.25) is 0 Å². The Morgan fingerprint density at radius 1 is 0.684 bits per heavy atom. The molecule has 1 aliphatic rings. The zero-order valence-corrected chi connectivity index (χ0v) is 14.2. The minimum atomic E-state index is 0.377. The summed E-state index contributed by atoms with van der Waals surface area (Å²) in [4.78, 5) is 0. The standard InChI is InChI=1S/C18H36S/c1-2-3-4-5-9-12-15-18(19)16-13-10-7-6-8-11-14-17-18/h19H,2-17H2,1H3. The zero-order valence-electron chi connectivity index (χ0n) is 13.3. The van der Waals surface area contributed by atoms with Gasteiger partial charge in [-0.05, 0) is 19.3 Å². The fraction of sp³-hybridized carbons (Fsp3) is 1.00. The van der Waals surface area contributed by atoms with Gasteiger partial charge in [0, 0.05) is 4.75 Å². The summed E-state index contributed by atoms with van der Waals surface area (Å²) in [6.07, 6.45) is 22.7. The normalized spacial score (nSPS) is 21.2. The molecular weight excluding hydrogens is 248 g/mol. The monoisotopic (exact) mass is 284 g/mol. The number of hydrogen-bond donors (Lipinski definition) is 1. The zero-order chi connectivity index (χ0) is 13.8. The van der Waals surface area contributed by atoms with Crippen molar-refractivity contribution in [3.63, 3.8) is 0 Å². The smallest absolute Gasteiger partial charge is 0.0130 e. The van der Waals surface area contributed by atoms with Crippen LogP contribution in [0, 0.1) is 0 Å². The Morgan fingerprint density at radius 2 is 1.16 bits per heavy atom. The number of thiol groups is 1. The molecule has 0 N–H and O–H groups in total. The molecule has 0 spiro atoms. The number of rotatable bonds is 7. The first-order valence-corrected chi connectivity index (χ1v) is 9.44. The largest absolute Gasteiger partial charge is 0.173 e. The Bertz CT molecular complexity index is 190. The molecule has 0 nitrogen and oxygen atoms in total. The molecule has 0 aromatic rings. The maximum atomic E-state index is 5.09. The van der Waals surface area contributed by atoms with Gasteiger partial charge in [-0.3, -0.25) is 0 Å². The summed E-state index contributed by atoms with van der Waals surface area (Å²) in [7, 11) is 0. The van der Waals surface area contributed by atoms with Crippen LogP contribution >= 0.6 is 12.6 Å². The van der Waals surface area contributed by atoms with E-state index in [-0.39, 0.29) is 0 Å². The Morgan fingerprint density at radius 3 is 1.74 bits per heavy atom. The molecule has 19 heavy (non-hydrogen) atoms. The lowest BCUT2D eigenvalue weighted by atomic mass is 9.87. The van der Waals surface area contributed by atoms with Crippen LogP contribution in [0.1, 0.15) is 110 Å². The lowest BCUT2D eigenvalue weighted by molar-refractivity contribution is 0.393. The van der Waals surface area contributed by atoms with Crippen LogP contribution in [0.25, 0.3) is 0 Å². The van der Waals surface area contributed by atoms with Crippen LogP contribution < -0.4 is 0 Å². The summed E-state index contributed by atoms with van der Waals surface area (Å²) in [5.74, 6) is 0. The van der Waals surface area contributed by atoms with Crippen molar-refractivity contribution in [1.29, 1.82) is 0 Å². The lowest BCUT2D eigenvalue weighted by Crippen LogP contribution is -2.22. The van der Waals surface area contributed by atoms with Crippen molar-refractivity contribution in [2.75, 3.05) is 0 Å². The van der Waals surface area contributed by atoms with Gasteiger partial charge in [0.2, 0.25) is 0 Å². The highest BCUT2D eigenvalue weighted by Gasteiger charge is 2.24. The van der Waals surface area contributed by atoms with Crippen molar-refractivity contribution in [1.82, 2.24) is 0 Å². The molecule has 0 heterocycles. The fourth-order valence-corrected chi connectivity index (χ4v) is 3.88. The van der Waals surface area contributed by atoms with Crippen molar-refractivity contribution in [2.24, 2.45) is 0 Å². The predicted molar refractivity (Wildman–Crippen MR) is 91.3 cm³/mol. The third kappa shape index (κ3) is 9.00. The predicted octanol–water partition coefficient (Wildman–Crippen LogP) is 6.93. The summed E-state index contributed by atoms with van der Waals surface area (Å²) in [5.41, 5.74) is 0. The third-order valence-electron chi connectivity index (χ3n) is 4.78. The molecule has 0 atom stereocenters. The first-order valence-electron chi connectivity index (χ1n) is 8.99. The van der Waals surface area contributed by atoms with E-state index in [2.05, 4.69) is 6.92 Å².